The highest BCUT2D eigenvalue weighted by Crippen LogP contribution is 2.34. The summed E-state index contributed by atoms with van der Waals surface area (Å²) in [6, 6.07) is 32.9. The summed E-state index contributed by atoms with van der Waals surface area (Å²) < 4.78 is 207. The zero-order chi connectivity index (χ0) is 68.7. The first-order chi connectivity index (χ1) is 46.4. The molecular weight excluding hydrogens is 955 g/mol. The number of nitrogens with zero attached hydrogens (tertiary/aromatic N) is 5. The fourth-order valence-corrected chi connectivity index (χ4v) is 19.4. The van der Waals surface area contributed by atoms with Crippen molar-refractivity contribution in [3.63, 3.8) is 0 Å². The van der Waals surface area contributed by atoms with E-state index in [0.29, 0.717) is 10.8 Å². The molecule has 0 aliphatic carbocycles. The molecule has 0 saturated carbocycles. The van der Waals surface area contributed by atoms with Crippen molar-refractivity contribution in [2.24, 2.45) is 0 Å². The van der Waals surface area contributed by atoms with Crippen molar-refractivity contribution in [3.8, 4) is 23.3 Å². The maximum absolute atomic E-state index is 11.5. The van der Waals surface area contributed by atoms with Crippen LogP contribution in [0.2, 0.25) is 0 Å². The van der Waals surface area contributed by atoms with Crippen molar-refractivity contribution >= 4 is 101 Å². The summed E-state index contributed by atoms with van der Waals surface area (Å²) in [6.07, 6.45) is 0. The third kappa shape index (κ3) is 7.16. The van der Waals surface area contributed by atoms with Gasteiger partial charge in [-0.1, -0.05) is 273 Å². The Balaban J connectivity index is 1.31. The van der Waals surface area contributed by atoms with Gasteiger partial charge in [0.1, 0.15) is 0 Å². The number of aromatic nitrogens is 5. The van der Waals surface area contributed by atoms with Gasteiger partial charge >= 0.3 is 0 Å². The second-order valence-electron chi connectivity index (χ2n) is 17.9. The Hall–Kier alpha value is -9.54. The largest absolute Gasteiger partial charge is 0.278 e. The molecule has 0 bridgehead atoms. The van der Waals surface area contributed by atoms with Gasteiger partial charge in [0, 0.05) is 27.1 Å². The summed E-state index contributed by atoms with van der Waals surface area (Å²) in [5.41, 5.74) is -0.387. The van der Waals surface area contributed by atoms with Crippen LogP contribution in [0, 0.1) is 0 Å². The van der Waals surface area contributed by atoms with E-state index in [0.717, 1.165) is 0 Å². The summed E-state index contributed by atoms with van der Waals surface area (Å²) in [6.45, 7) is 0. The van der Waals surface area contributed by atoms with Crippen molar-refractivity contribution in [1.82, 2.24) is 24.1 Å². The number of hydrogen-bond acceptors (Lipinski definition) is 3. The molecule has 0 unspecified atom stereocenters. The minimum atomic E-state index is -5.13. The average Bonchev–Trinajstić information content (AvgIpc) is 1.51. The number of fused-ring (bicyclic) bond motifs is 6. The van der Waals surface area contributed by atoms with E-state index in [1.54, 1.807) is 170 Å². The topological polar surface area (TPSA) is 48.5 Å². The maximum Gasteiger partial charge on any atom is 0.240 e. The molecule has 14 rings (SSSR count). The Morgan fingerprint density at radius 1 is 0.276 bits per heavy atom. The molecule has 358 valence electrons. The van der Waals surface area contributed by atoms with E-state index in [9.17, 15) is 20.6 Å². The molecule has 7 heteroatoms. The zero-order valence-electron chi connectivity index (χ0n) is 60.9. The van der Waals surface area contributed by atoms with Crippen LogP contribution in [0.5, 0.6) is 0 Å². The van der Waals surface area contributed by atoms with Gasteiger partial charge in [-0.3, -0.25) is 9.13 Å². The minimum absolute atomic E-state index is 0.0434. The van der Waals surface area contributed by atoms with E-state index < -0.39 is 166 Å². The minimum Gasteiger partial charge on any atom is -0.278 e. The Bertz CT molecular complexity index is 5210. The van der Waals surface area contributed by atoms with Gasteiger partial charge in [-0.15, -0.1) is 0 Å². The standard InChI is InChI=1S/C69H49N5Si2/c1-7-27-51(28-8-1)75(52-29-9-2-10-30-52,53-31-11-3-12-32-53)57-47-50(48-58(49-57)76(54-33-13-4-14-34-54,55-35-15-5-16-36-55)56-37-17-6-18-38-56)67-70-68(73-63-43-23-19-39-59(63)60-40-20-24-44-64(60)73)72-69(71-67)74-65-45-25-21-41-61(65)62-42-22-26-46-66(62)74/h1-49H/i1D,4D,7D,8D,13D,14D,19D,21D,23D,25D,27D,28D,33D,34D,39D,41D,43D,45D,47D,48D,49D. The molecule has 0 aliphatic heterocycles. The smallest absolute Gasteiger partial charge is 0.240 e. The summed E-state index contributed by atoms with van der Waals surface area (Å²) in [4.78, 5) is 15.6. The Morgan fingerprint density at radius 2 is 0.618 bits per heavy atom. The van der Waals surface area contributed by atoms with Crippen LogP contribution in [0.4, 0.5) is 0 Å². The summed E-state index contributed by atoms with van der Waals surface area (Å²) >= 11 is 0. The van der Waals surface area contributed by atoms with Gasteiger partial charge in [0.05, 0.1) is 50.9 Å². The van der Waals surface area contributed by atoms with Crippen molar-refractivity contribution in [2.45, 2.75) is 0 Å². The van der Waals surface area contributed by atoms with E-state index in [1.165, 1.54) is 9.13 Å². The molecule has 0 aliphatic rings. The average molecular weight is 1030 g/mol. The lowest BCUT2D eigenvalue weighted by Crippen LogP contribution is -2.78. The fourth-order valence-electron chi connectivity index (χ4n) is 10.7. The van der Waals surface area contributed by atoms with Gasteiger partial charge in [0.2, 0.25) is 11.9 Å². The van der Waals surface area contributed by atoms with Gasteiger partial charge in [-0.05, 0) is 65.7 Å². The van der Waals surface area contributed by atoms with Crippen molar-refractivity contribution in [2.75, 3.05) is 0 Å². The van der Waals surface area contributed by atoms with E-state index in [4.69, 9.17) is 23.2 Å². The Morgan fingerprint density at radius 3 is 1.01 bits per heavy atom. The van der Waals surface area contributed by atoms with Gasteiger partial charge in [-0.25, -0.2) is 0 Å². The van der Waals surface area contributed by atoms with Crippen LogP contribution in [-0.2, 0) is 0 Å². The quantitative estimate of drug-likeness (QED) is 0.0958. The molecule has 5 nitrogen and oxygen atoms in total. The van der Waals surface area contributed by atoms with Crippen LogP contribution in [0.15, 0.2) is 297 Å². The number of para-hydroxylation sites is 4. The van der Waals surface area contributed by atoms with Gasteiger partial charge < -0.3 is 0 Å². The van der Waals surface area contributed by atoms with Crippen molar-refractivity contribution in [3.05, 3.63) is 297 Å². The van der Waals surface area contributed by atoms with Crippen LogP contribution in [0.25, 0.3) is 66.9 Å². The first kappa shape index (κ1) is 28.2. The summed E-state index contributed by atoms with van der Waals surface area (Å²) in [5.74, 6) is -1.45. The zero-order valence-corrected chi connectivity index (χ0v) is 41.9. The molecule has 3 aromatic heterocycles. The molecule has 0 spiro atoms. The van der Waals surface area contributed by atoms with Gasteiger partial charge in [-0.2, -0.15) is 15.0 Å². The highest BCUT2D eigenvalue weighted by Gasteiger charge is 2.46. The van der Waals surface area contributed by atoms with Gasteiger partial charge in [0.25, 0.3) is 0 Å². The molecule has 0 atom stereocenters. The lowest BCUT2D eigenvalue weighted by Gasteiger charge is -2.38. The van der Waals surface area contributed by atoms with Crippen LogP contribution in [0.1, 0.15) is 28.8 Å². The first-order valence-corrected chi connectivity index (χ1v) is 28.2. The Kier molecular flexibility index (Phi) is 6.96. The highest BCUT2D eigenvalue weighted by molar-refractivity contribution is 7.22. The normalized spacial score (nSPS) is 15.8. The van der Waals surface area contributed by atoms with Crippen LogP contribution in [-0.4, -0.2) is 40.2 Å². The van der Waals surface area contributed by atoms with Crippen molar-refractivity contribution < 1.29 is 28.8 Å². The van der Waals surface area contributed by atoms with Crippen molar-refractivity contribution in [1.29, 1.82) is 0 Å². The van der Waals surface area contributed by atoms with Crippen LogP contribution < -0.4 is 41.5 Å². The molecule has 0 saturated heterocycles. The monoisotopic (exact) mass is 1020 g/mol. The molecule has 14 aromatic rings. The van der Waals surface area contributed by atoms with E-state index in [-0.39, 0.29) is 74.3 Å². The first-order valence-electron chi connectivity index (χ1n) is 34.7. The SMILES string of the molecule is [2H]c1c([2H])c([2H])c([Si](c2ccccc2)(c2ccccc2)c2c([2H])c(-c3nc(-n4c5ccccc5c5c([2H])c([2H])c([2H])c([2H])c54)nc(-n4c5ccccc5c5c([2H])c([2H])c([2H])c([2H])c54)n3)c([2H])c([Si](c3ccccc3)(c3ccccc3)c3c([2H])c([2H])c([2H])c([2H])c3[2H])c2[2H])c([2H])c1[2H]. The lowest BCUT2D eigenvalue weighted by atomic mass is 10.2. The maximum atomic E-state index is 11.5. The van der Waals surface area contributed by atoms with E-state index in [1.807, 2.05) is 0 Å². The third-order valence-electron chi connectivity index (χ3n) is 13.9. The molecule has 0 N–H and O–H groups in total. The number of hydrogen-bond donors (Lipinski definition) is 0. The van der Waals surface area contributed by atoms with Crippen LogP contribution in [0.3, 0.4) is 0 Å². The molecule has 11 aromatic carbocycles. The van der Waals surface area contributed by atoms with Gasteiger partial charge in [0.15, 0.2) is 22.0 Å². The fraction of sp³-hybridized carbons (Fsp3) is 0. The number of benzene rings is 11. The van der Waals surface area contributed by atoms with Crippen LogP contribution >= 0.6 is 0 Å². The molecule has 0 fully saturated rings. The predicted octanol–water partition coefficient (Wildman–Crippen LogP) is 10.5. The second-order valence-corrected chi connectivity index (χ2v) is 25.2. The Labute approximate surface area is 472 Å². The molecule has 76 heavy (non-hydrogen) atoms. The predicted molar refractivity (Wildman–Crippen MR) is 321 cm³/mol. The summed E-state index contributed by atoms with van der Waals surface area (Å²) in [5, 5.41) is 0.461. The molecule has 0 radical (unpaired) electrons. The lowest BCUT2D eigenvalue weighted by molar-refractivity contribution is 0.893. The second kappa shape index (κ2) is 18.7. The summed E-state index contributed by atoms with van der Waals surface area (Å²) in [7, 11) is -10.3. The molecular formula is C69H49N5Si2. The highest BCUT2D eigenvalue weighted by atomic mass is 28.3. The van der Waals surface area contributed by atoms with E-state index in [2.05, 4.69) is 0 Å². The third-order valence-corrected chi connectivity index (χ3v) is 22.7. The molecule has 0 amide bonds. The molecule has 3 heterocycles. The van der Waals surface area contributed by atoms with E-state index >= 15 is 0 Å². The number of rotatable bonds is 11.